The third-order valence-electron chi connectivity index (χ3n) is 8.50. The van der Waals surface area contributed by atoms with Gasteiger partial charge in [-0.15, -0.1) is 0 Å². The highest BCUT2D eigenvalue weighted by Crippen LogP contribution is 2.31. The average Bonchev–Trinajstić information content (AvgIpc) is 2.88. The summed E-state index contributed by atoms with van der Waals surface area (Å²) in [6, 6.07) is 12.9. The van der Waals surface area contributed by atoms with E-state index in [9.17, 15) is 0 Å². The van der Waals surface area contributed by atoms with E-state index in [2.05, 4.69) is 49.1 Å². The van der Waals surface area contributed by atoms with E-state index in [4.69, 9.17) is 0 Å². The van der Waals surface area contributed by atoms with Crippen molar-refractivity contribution in [3.63, 3.8) is 0 Å². The summed E-state index contributed by atoms with van der Waals surface area (Å²) in [7, 11) is 0. The molecule has 0 spiro atoms. The van der Waals surface area contributed by atoms with Crippen molar-refractivity contribution < 1.29 is 0 Å². The molecular formula is C34H61N. The third-order valence-corrected chi connectivity index (χ3v) is 8.50. The molecule has 1 aliphatic heterocycles. The molecule has 0 aromatic heterocycles. The number of rotatable bonds is 22. The number of unbranched alkanes of at least 4 members (excludes halogenated alkanes) is 16. The predicted molar refractivity (Wildman–Crippen MR) is 157 cm³/mol. The number of hydrogen-bond donors (Lipinski definition) is 0. The molecule has 2 unspecified atom stereocenters. The summed E-state index contributed by atoms with van der Waals surface area (Å²) in [4.78, 5) is 2.95. The van der Waals surface area contributed by atoms with Crippen LogP contribution in [-0.2, 0) is 6.54 Å². The van der Waals surface area contributed by atoms with Gasteiger partial charge in [0.25, 0.3) is 0 Å². The maximum atomic E-state index is 2.95. The molecular weight excluding hydrogens is 422 g/mol. The Bertz CT molecular complexity index is 537. The van der Waals surface area contributed by atoms with Gasteiger partial charge in [-0.25, -0.2) is 0 Å². The van der Waals surface area contributed by atoms with Crippen molar-refractivity contribution in [2.24, 2.45) is 0 Å². The van der Waals surface area contributed by atoms with Crippen LogP contribution < -0.4 is 0 Å². The highest BCUT2D eigenvalue weighted by Gasteiger charge is 2.29. The predicted octanol–water partition coefficient (Wildman–Crippen LogP) is 11.3. The highest BCUT2D eigenvalue weighted by atomic mass is 15.2. The number of piperidine rings is 1. The zero-order valence-electron chi connectivity index (χ0n) is 24.0. The molecule has 1 nitrogen and oxygen atoms in total. The number of nitrogens with zero attached hydrogens (tertiary/aromatic N) is 1. The summed E-state index contributed by atoms with van der Waals surface area (Å²) in [5, 5.41) is 0. The number of likely N-dealkylation sites (tertiary alicyclic amines) is 1. The number of hydrogen-bond acceptors (Lipinski definition) is 1. The molecule has 0 radical (unpaired) electrons. The SMILES string of the molecule is CCCCCCCCCCCC1CCCC(CCCCCCCCCCC)N1Cc1ccccc1. The smallest absolute Gasteiger partial charge is 0.0239 e. The molecule has 0 saturated carbocycles. The van der Waals surface area contributed by atoms with Crippen molar-refractivity contribution in [1.82, 2.24) is 4.90 Å². The van der Waals surface area contributed by atoms with Crippen LogP contribution in [0.3, 0.4) is 0 Å². The van der Waals surface area contributed by atoms with Gasteiger partial charge in [-0.1, -0.05) is 166 Å². The first-order valence-electron chi connectivity index (χ1n) is 16.1. The zero-order chi connectivity index (χ0) is 24.8. The van der Waals surface area contributed by atoms with Crippen molar-refractivity contribution in [3.8, 4) is 0 Å². The van der Waals surface area contributed by atoms with Crippen LogP contribution in [0.5, 0.6) is 0 Å². The van der Waals surface area contributed by atoms with Gasteiger partial charge < -0.3 is 0 Å². The van der Waals surface area contributed by atoms with Gasteiger partial charge in [-0.2, -0.15) is 0 Å². The van der Waals surface area contributed by atoms with E-state index in [1.54, 1.807) is 0 Å². The molecule has 1 heteroatoms. The van der Waals surface area contributed by atoms with Gasteiger partial charge in [0, 0.05) is 18.6 Å². The van der Waals surface area contributed by atoms with E-state index in [0.29, 0.717) is 0 Å². The van der Waals surface area contributed by atoms with E-state index >= 15 is 0 Å². The Labute approximate surface area is 220 Å². The maximum absolute atomic E-state index is 2.95. The summed E-state index contributed by atoms with van der Waals surface area (Å²) < 4.78 is 0. The van der Waals surface area contributed by atoms with Gasteiger partial charge >= 0.3 is 0 Å². The van der Waals surface area contributed by atoms with Crippen molar-refractivity contribution >= 4 is 0 Å². The van der Waals surface area contributed by atoms with E-state index in [1.807, 2.05) is 0 Å². The van der Waals surface area contributed by atoms with Gasteiger partial charge in [0.15, 0.2) is 0 Å². The summed E-state index contributed by atoms with van der Waals surface area (Å²) >= 11 is 0. The van der Waals surface area contributed by atoms with Crippen LogP contribution in [0.2, 0.25) is 0 Å². The van der Waals surface area contributed by atoms with Crippen molar-refractivity contribution in [2.75, 3.05) is 0 Å². The van der Waals surface area contributed by atoms with Crippen molar-refractivity contribution in [2.45, 2.75) is 180 Å². The molecule has 2 atom stereocenters. The van der Waals surface area contributed by atoms with Gasteiger partial charge in [-0.05, 0) is 31.2 Å². The molecule has 2 rings (SSSR count). The Kier molecular flexibility index (Phi) is 18.5. The van der Waals surface area contributed by atoms with E-state index in [0.717, 1.165) is 12.1 Å². The van der Waals surface area contributed by atoms with Gasteiger partial charge in [-0.3, -0.25) is 4.90 Å². The molecule has 0 N–H and O–H groups in total. The first-order valence-corrected chi connectivity index (χ1v) is 16.1. The highest BCUT2D eigenvalue weighted by molar-refractivity contribution is 5.15. The minimum Gasteiger partial charge on any atom is -0.293 e. The van der Waals surface area contributed by atoms with E-state index < -0.39 is 0 Å². The Morgan fingerprint density at radius 3 is 1.37 bits per heavy atom. The average molecular weight is 484 g/mol. The number of benzene rings is 1. The molecule has 1 fully saturated rings. The Hall–Kier alpha value is -0.820. The zero-order valence-corrected chi connectivity index (χ0v) is 24.0. The fraction of sp³-hybridized carbons (Fsp3) is 0.824. The van der Waals surface area contributed by atoms with Crippen LogP contribution in [0, 0.1) is 0 Å². The van der Waals surface area contributed by atoms with Crippen molar-refractivity contribution in [3.05, 3.63) is 35.9 Å². The standard InChI is InChI=1S/C34H61N/c1-3-5-7-9-11-13-15-17-22-27-33-29-24-30-34(35(33)31-32-25-20-19-21-26-32)28-23-18-16-14-12-10-8-6-4-2/h19-21,25-26,33-34H,3-18,22-24,27-31H2,1-2H3. The van der Waals surface area contributed by atoms with Crippen LogP contribution in [-0.4, -0.2) is 17.0 Å². The van der Waals surface area contributed by atoms with Crippen LogP contribution in [0.4, 0.5) is 0 Å². The molecule has 0 bridgehead atoms. The fourth-order valence-corrected chi connectivity index (χ4v) is 6.27. The first kappa shape index (κ1) is 30.4. The molecule has 0 aliphatic carbocycles. The topological polar surface area (TPSA) is 3.24 Å². The second-order valence-electron chi connectivity index (χ2n) is 11.6. The normalized spacial score (nSPS) is 18.8. The van der Waals surface area contributed by atoms with Crippen LogP contribution in [0.1, 0.15) is 167 Å². The summed E-state index contributed by atoms with van der Waals surface area (Å²) in [5.74, 6) is 0. The van der Waals surface area contributed by atoms with Crippen LogP contribution in [0.15, 0.2) is 30.3 Å². The lowest BCUT2D eigenvalue weighted by atomic mass is 9.88. The molecule has 0 amide bonds. The van der Waals surface area contributed by atoms with Gasteiger partial charge in [0.1, 0.15) is 0 Å². The first-order chi connectivity index (χ1) is 17.3. The molecule has 202 valence electrons. The molecule has 1 saturated heterocycles. The van der Waals surface area contributed by atoms with E-state index in [1.165, 1.54) is 160 Å². The summed E-state index contributed by atoms with van der Waals surface area (Å²) in [6.45, 7) is 5.80. The Morgan fingerprint density at radius 1 is 0.543 bits per heavy atom. The lowest BCUT2D eigenvalue weighted by Crippen LogP contribution is -2.46. The van der Waals surface area contributed by atoms with Crippen LogP contribution >= 0.6 is 0 Å². The quantitative estimate of drug-likeness (QED) is 0.148. The molecule has 1 heterocycles. The Morgan fingerprint density at radius 2 is 0.943 bits per heavy atom. The minimum atomic E-state index is 0.817. The fourth-order valence-electron chi connectivity index (χ4n) is 6.27. The van der Waals surface area contributed by atoms with Gasteiger partial charge in [0.2, 0.25) is 0 Å². The lowest BCUT2D eigenvalue weighted by Gasteiger charge is -2.43. The largest absolute Gasteiger partial charge is 0.293 e. The monoisotopic (exact) mass is 483 g/mol. The minimum absolute atomic E-state index is 0.817. The molecule has 1 aliphatic rings. The molecule has 1 aromatic carbocycles. The molecule has 35 heavy (non-hydrogen) atoms. The van der Waals surface area contributed by atoms with Gasteiger partial charge in [0.05, 0.1) is 0 Å². The third kappa shape index (κ3) is 14.5. The van der Waals surface area contributed by atoms with Crippen LogP contribution in [0.25, 0.3) is 0 Å². The van der Waals surface area contributed by atoms with E-state index in [-0.39, 0.29) is 0 Å². The van der Waals surface area contributed by atoms with Crippen molar-refractivity contribution in [1.29, 1.82) is 0 Å². The second-order valence-corrected chi connectivity index (χ2v) is 11.6. The lowest BCUT2D eigenvalue weighted by molar-refractivity contribution is 0.0611. The maximum Gasteiger partial charge on any atom is 0.0239 e. The summed E-state index contributed by atoms with van der Waals surface area (Å²) in [5.41, 5.74) is 1.52. The second kappa shape index (κ2) is 21.3. The Balaban J connectivity index is 1.71. The molecule has 1 aromatic rings. The summed E-state index contributed by atoms with van der Waals surface area (Å²) in [6.07, 6.45) is 33.1.